The molecule has 0 saturated heterocycles. The average Bonchev–Trinajstić information content (AvgIpc) is 3.51. The van der Waals surface area contributed by atoms with Crippen molar-refractivity contribution in [1.29, 1.82) is 0 Å². The molecule has 0 amide bonds. The number of ether oxygens (including phenoxy) is 1. The SMILES string of the molecule is COc1nc(N[C@@H]2CC(C(C)=O)C[C@@H]2F)nn2ccc(-c3cc(F)c4nnn(CC(F)F)c4c3)c12. The molecule has 9 nitrogen and oxygen atoms in total. The number of Topliss-reactive ketones (excluding diaryl/α,β-unsaturated/α-hetero) is 1. The first kappa shape index (κ1) is 23.0. The highest BCUT2D eigenvalue weighted by Crippen LogP contribution is 2.35. The predicted molar refractivity (Wildman–Crippen MR) is 118 cm³/mol. The monoisotopic (exact) mass is 491 g/mol. The van der Waals surface area contributed by atoms with Gasteiger partial charge in [0.1, 0.15) is 29.5 Å². The van der Waals surface area contributed by atoms with Crippen LogP contribution >= 0.6 is 0 Å². The summed E-state index contributed by atoms with van der Waals surface area (Å²) in [6.07, 6.45) is -1.84. The van der Waals surface area contributed by atoms with Crippen LogP contribution in [-0.4, -0.2) is 61.1 Å². The van der Waals surface area contributed by atoms with Crippen LogP contribution in [0.2, 0.25) is 0 Å². The van der Waals surface area contributed by atoms with Crippen molar-refractivity contribution in [2.24, 2.45) is 5.92 Å². The van der Waals surface area contributed by atoms with E-state index < -0.39 is 31.0 Å². The highest BCUT2D eigenvalue weighted by Gasteiger charge is 2.37. The molecule has 0 radical (unpaired) electrons. The number of ketones is 1. The van der Waals surface area contributed by atoms with Crippen molar-refractivity contribution >= 4 is 28.3 Å². The van der Waals surface area contributed by atoms with Crippen LogP contribution < -0.4 is 10.1 Å². The summed E-state index contributed by atoms with van der Waals surface area (Å²) < 4.78 is 62.9. The third kappa shape index (κ3) is 4.15. The van der Waals surface area contributed by atoms with Crippen LogP contribution in [0.3, 0.4) is 0 Å². The van der Waals surface area contributed by atoms with Gasteiger partial charge in [-0.3, -0.25) is 4.79 Å². The van der Waals surface area contributed by atoms with E-state index in [0.717, 1.165) is 4.68 Å². The Balaban J connectivity index is 1.53. The Bertz CT molecular complexity index is 1420. The normalized spacial score (nSPS) is 20.3. The molecule has 1 saturated carbocycles. The molecule has 1 aliphatic carbocycles. The summed E-state index contributed by atoms with van der Waals surface area (Å²) in [5, 5.41) is 14.6. The van der Waals surface area contributed by atoms with Crippen molar-refractivity contribution in [3.05, 3.63) is 30.2 Å². The molecule has 35 heavy (non-hydrogen) atoms. The molecule has 0 spiro atoms. The maximum absolute atomic E-state index is 14.7. The van der Waals surface area contributed by atoms with E-state index in [4.69, 9.17) is 4.74 Å². The first-order valence-electron chi connectivity index (χ1n) is 10.9. The van der Waals surface area contributed by atoms with Crippen molar-refractivity contribution in [2.45, 2.75) is 44.9 Å². The van der Waals surface area contributed by atoms with E-state index in [9.17, 15) is 22.4 Å². The van der Waals surface area contributed by atoms with Crippen molar-refractivity contribution in [3.63, 3.8) is 0 Å². The molecule has 3 aromatic heterocycles. The number of nitrogens with one attached hydrogen (secondary N) is 1. The van der Waals surface area contributed by atoms with Gasteiger partial charge in [-0.1, -0.05) is 5.21 Å². The number of rotatable bonds is 7. The van der Waals surface area contributed by atoms with Crippen molar-refractivity contribution in [3.8, 4) is 17.0 Å². The summed E-state index contributed by atoms with van der Waals surface area (Å²) in [5.41, 5.74) is 1.25. The van der Waals surface area contributed by atoms with Crippen molar-refractivity contribution < 1.29 is 27.1 Å². The minimum absolute atomic E-state index is 0.0600. The fourth-order valence-corrected chi connectivity index (χ4v) is 4.51. The second kappa shape index (κ2) is 8.78. The number of alkyl halides is 3. The second-order valence-electron chi connectivity index (χ2n) is 8.50. The van der Waals surface area contributed by atoms with Gasteiger partial charge in [0.15, 0.2) is 5.82 Å². The fraction of sp³-hybridized carbons (Fsp3) is 0.409. The zero-order valence-corrected chi connectivity index (χ0v) is 18.8. The van der Waals surface area contributed by atoms with Gasteiger partial charge in [0.2, 0.25) is 11.8 Å². The molecule has 184 valence electrons. The quantitative estimate of drug-likeness (QED) is 0.394. The number of benzene rings is 1. The third-order valence-corrected chi connectivity index (χ3v) is 6.24. The zero-order valence-electron chi connectivity index (χ0n) is 18.8. The second-order valence-corrected chi connectivity index (χ2v) is 8.50. The van der Waals surface area contributed by atoms with Gasteiger partial charge >= 0.3 is 0 Å². The predicted octanol–water partition coefficient (Wildman–Crippen LogP) is 3.67. The van der Waals surface area contributed by atoms with Gasteiger partial charge in [0.05, 0.1) is 18.7 Å². The number of carbonyl (C=O) groups excluding carboxylic acids is 1. The fourth-order valence-electron chi connectivity index (χ4n) is 4.51. The molecule has 5 rings (SSSR count). The summed E-state index contributed by atoms with van der Waals surface area (Å²) in [4.78, 5) is 16.0. The first-order chi connectivity index (χ1) is 16.7. The van der Waals surface area contributed by atoms with Crippen molar-refractivity contribution in [1.82, 2.24) is 29.6 Å². The minimum Gasteiger partial charge on any atom is -0.479 e. The number of fused-ring (bicyclic) bond motifs is 2. The van der Waals surface area contributed by atoms with E-state index in [1.54, 1.807) is 12.3 Å². The van der Waals surface area contributed by atoms with Crippen LogP contribution in [0.1, 0.15) is 19.8 Å². The van der Waals surface area contributed by atoms with Crippen LogP contribution in [0.4, 0.5) is 23.5 Å². The molecule has 3 heterocycles. The number of nitrogens with zero attached hydrogens (tertiary/aromatic N) is 6. The lowest BCUT2D eigenvalue weighted by Gasteiger charge is -2.16. The molecule has 1 unspecified atom stereocenters. The van der Waals surface area contributed by atoms with Gasteiger partial charge in [-0.15, -0.1) is 10.2 Å². The largest absolute Gasteiger partial charge is 0.479 e. The minimum atomic E-state index is -2.68. The third-order valence-electron chi connectivity index (χ3n) is 6.24. The Morgan fingerprint density at radius 3 is 2.80 bits per heavy atom. The molecule has 0 aliphatic heterocycles. The highest BCUT2D eigenvalue weighted by molar-refractivity contribution is 5.89. The van der Waals surface area contributed by atoms with Crippen LogP contribution in [0.5, 0.6) is 5.88 Å². The zero-order chi connectivity index (χ0) is 24.9. The number of aromatic nitrogens is 6. The van der Waals surface area contributed by atoms with Gasteiger partial charge in [-0.05, 0) is 43.5 Å². The maximum atomic E-state index is 14.7. The molecular weight excluding hydrogens is 470 g/mol. The number of anilines is 1. The first-order valence-corrected chi connectivity index (χ1v) is 10.9. The van der Waals surface area contributed by atoms with Gasteiger partial charge < -0.3 is 10.1 Å². The van der Waals surface area contributed by atoms with Gasteiger partial charge in [-0.2, -0.15) is 4.98 Å². The van der Waals surface area contributed by atoms with E-state index in [0.29, 0.717) is 23.1 Å². The Morgan fingerprint density at radius 2 is 2.11 bits per heavy atom. The topological polar surface area (TPSA) is 99.2 Å². The van der Waals surface area contributed by atoms with Gasteiger partial charge in [-0.25, -0.2) is 26.8 Å². The lowest BCUT2D eigenvalue weighted by atomic mass is 10.0. The number of carbonyl (C=O) groups is 1. The van der Waals surface area contributed by atoms with Crippen LogP contribution in [-0.2, 0) is 11.3 Å². The lowest BCUT2D eigenvalue weighted by Crippen LogP contribution is -2.26. The number of methoxy groups -OCH3 is 1. The van der Waals surface area contributed by atoms with Crippen LogP contribution in [0, 0.1) is 11.7 Å². The van der Waals surface area contributed by atoms with Crippen LogP contribution in [0.15, 0.2) is 24.4 Å². The van der Waals surface area contributed by atoms with Gasteiger partial charge in [0.25, 0.3) is 6.43 Å². The Kier molecular flexibility index (Phi) is 5.77. The number of hydrogen-bond donors (Lipinski definition) is 1. The Labute approximate surface area is 196 Å². The average molecular weight is 491 g/mol. The summed E-state index contributed by atoms with van der Waals surface area (Å²) in [7, 11) is 1.40. The maximum Gasteiger partial charge on any atom is 0.258 e. The summed E-state index contributed by atoms with van der Waals surface area (Å²) >= 11 is 0. The van der Waals surface area contributed by atoms with E-state index in [2.05, 4.69) is 25.7 Å². The molecule has 1 N–H and O–H groups in total. The molecular formula is C22H21F4N7O2. The molecule has 13 heteroatoms. The van der Waals surface area contributed by atoms with Crippen LogP contribution in [0.25, 0.3) is 27.7 Å². The van der Waals surface area contributed by atoms with Gasteiger partial charge in [0, 0.05) is 17.7 Å². The molecule has 3 atom stereocenters. The highest BCUT2D eigenvalue weighted by atomic mass is 19.3. The number of hydrogen-bond acceptors (Lipinski definition) is 7. The Morgan fingerprint density at radius 1 is 1.31 bits per heavy atom. The molecule has 1 aliphatic rings. The molecule has 1 aromatic carbocycles. The summed E-state index contributed by atoms with van der Waals surface area (Å²) in [6.45, 7) is 0.724. The molecule has 1 fully saturated rings. The van der Waals surface area contributed by atoms with E-state index >= 15 is 0 Å². The van der Waals surface area contributed by atoms with E-state index in [-0.39, 0.29) is 41.0 Å². The summed E-state index contributed by atoms with van der Waals surface area (Å²) in [6, 6.07) is 3.76. The lowest BCUT2D eigenvalue weighted by molar-refractivity contribution is -0.120. The summed E-state index contributed by atoms with van der Waals surface area (Å²) in [5.74, 6) is -0.891. The van der Waals surface area contributed by atoms with E-state index in [1.165, 1.54) is 30.7 Å². The number of halogens is 4. The van der Waals surface area contributed by atoms with Crippen molar-refractivity contribution in [2.75, 3.05) is 12.4 Å². The van der Waals surface area contributed by atoms with E-state index in [1.807, 2.05) is 0 Å². The molecule has 4 aromatic rings. The standard InChI is InChI=1S/C22H21F4N7O2/c1-10(34)11-5-14(23)16(7-11)27-22-28-21(35-2)20-13(3-4-32(20)30-22)12-6-15(24)19-17(8-12)33(31-29-19)9-18(25)26/h3-4,6,8,11,14,16,18H,5,7,9H2,1-2H3,(H,27,30)/t11?,14-,16+/m0/s1. The Hall–Kier alpha value is -3.77. The molecule has 0 bridgehead atoms. The smallest absolute Gasteiger partial charge is 0.258 e.